The van der Waals surface area contributed by atoms with E-state index in [-0.39, 0.29) is 21.7 Å². The van der Waals surface area contributed by atoms with Crippen LogP contribution in [-0.4, -0.2) is 25.5 Å². The van der Waals surface area contributed by atoms with E-state index in [2.05, 4.69) is 20.7 Å². The van der Waals surface area contributed by atoms with Crippen LogP contribution in [0.25, 0.3) is 0 Å². The first kappa shape index (κ1) is 15.4. The third-order valence-corrected chi connectivity index (χ3v) is 5.54. The summed E-state index contributed by atoms with van der Waals surface area (Å²) in [5.74, 6) is -1.55. The molecular formula is C12H13BrFNO4S. The molecule has 0 bridgehead atoms. The highest BCUT2D eigenvalue weighted by molar-refractivity contribution is 9.10. The summed E-state index contributed by atoms with van der Waals surface area (Å²) in [5.41, 5.74) is 0. The lowest BCUT2D eigenvalue weighted by atomic mass is 10.1. The summed E-state index contributed by atoms with van der Waals surface area (Å²) < 4.78 is 40.0. The Balaban J connectivity index is 2.22. The predicted molar refractivity (Wildman–Crippen MR) is 73.2 cm³/mol. The van der Waals surface area contributed by atoms with Gasteiger partial charge in [-0.1, -0.05) is 0 Å². The average molecular weight is 366 g/mol. The Kier molecular flexibility index (Phi) is 4.46. The summed E-state index contributed by atoms with van der Waals surface area (Å²) in [6.45, 7) is 0. The van der Waals surface area contributed by atoms with Gasteiger partial charge in [0.15, 0.2) is 0 Å². The zero-order valence-electron chi connectivity index (χ0n) is 10.3. The smallest absolute Gasteiger partial charge is 0.304 e. The first-order valence-corrected chi connectivity index (χ1v) is 8.26. The van der Waals surface area contributed by atoms with Crippen LogP contribution in [0, 0.1) is 11.7 Å². The van der Waals surface area contributed by atoms with Crippen molar-refractivity contribution in [1.82, 2.24) is 4.72 Å². The van der Waals surface area contributed by atoms with Crippen LogP contribution < -0.4 is 4.72 Å². The molecule has 0 amide bonds. The molecule has 0 aromatic heterocycles. The molecule has 0 heterocycles. The number of aliphatic carboxylic acids is 1. The molecule has 5 nitrogen and oxygen atoms in total. The summed E-state index contributed by atoms with van der Waals surface area (Å²) in [7, 11) is -3.88. The number of carboxylic acids is 1. The SMILES string of the molecule is O=C(O)CC(NS(=O)(=O)c1ccc(F)cc1Br)C1CC1. The third kappa shape index (κ3) is 3.77. The second-order valence-electron chi connectivity index (χ2n) is 4.74. The minimum absolute atomic E-state index is 0.0556. The molecule has 2 rings (SSSR count). The van der Waals surface area contributed by atoms with Gasteiger partial charge in [-0.2, -0.15) is 0 Å². The standard InChI is InChI=1S/C12H13BrFNO4S/c13-9-5-8(14)3-4-11(9)20(18,19)15-10(6-12(16)17)7-1-2-7/h3-5,7,10,15H,1-2,6H2,(H,16,17). The van der Waals surface area contributed by atoms with Gasteiger partial charge in [0.05, 0.1) is 11.3 Å². The van der Waals surface area contributed by atoms with E-state index in [9.17, 15) is 17.6 Å². The van der Waals surface area contributed by atoms with Gasteiger partial charge in [-0.05, 0) is 52.9 Å². The first-order valence-electron chi connectivity index (χ1n) is 5.99. The van der Waals surface area contributed by atoms with Crippen molar-refractivity contribution in [3.05, 3.63) is 28.5 Å². The minimum Gasteiger partial charge on any atom is -0.481 e. The maximum absolute atomic E-state index is 13.0. The van der Waals surface area contributed by atoms with Gasteiger partial charge < -0.3 is 5.11 Å². The van der Waals surface area contributed by atoms with Crippen LogP contribution in [0.4, 0.5) is 4.39 Å². The molecule has 1 aromatic carbocycles. The first-order chi connectivity index (χ1) is 9.29. The molecule has 1 atom stereocenters. The molecule has 0 saturated heterocycles. The van der Waals surface area contributed by atoms with Crippen LogP contribution in [0.2, 0.25) is 0 Å². The fourth-order valence-electron chi connectivity index (χ4n) is 1.95. The van der Waals surface area contributed by atoms with Crippen molar-refractivity contribution in [2.45, 2.75) is 30.2 Å². The van der Waals surface area contributed by atoms with Crippen molar-refractivity contribution in [3.8, 4) is 0 Å². The molecule has 1 fully saturated rings. The van der Waals surface area contributed by atoms with Gasteiger partial charge in [0.1, 0.15) is 5.82 Å². The minimum atomic E-state index is -3.88. The van der Waals surface area contributed by atoms with Crippen molar-refractivity contribution in [1.29, 1.82) is 0 Å². The Labute approximate surface area is 124 Å². The lowest BCUT2D eigenvalue weighted by molar-refractivity contribution is -0.137. The Morgan fingerprint density at radius 1 is 1.50 bits per heavy atom. The predicted octanol–water partition coefficient (Wildman–Crippen LogP) is 2.12. The Bertz CT molecular complexity index is 630. The van der Waals surface area contributed by atoms with Crippen LogP contribution in [0.3, 0.4) is 0 Å². The molecule has 8 heteroatoms. The molecule has 2 N–H and O–H groups in total. The molecule has 110 valence electrons. The molecule has 1 aromatic rings. The van der Waals surface area contributed by atoms with Crippen LogP contribution >= 0.6 is 15.9 Å². The number of benzene rings is 1. The van der Waals surface area contributed by atoms with E-state index >= 15 is 0 Å². The van der Waals surface area contributed by atoms with Gasteiger partial charge in [-0.25, -0.2) is 17.5 Å². The van der Waals surface area contributed by atoms with Gasteiger partial charge in [-0.15, -0.1) is 0 Å². The summed E-state index contributed by atoms with van der Waals surface area (Å²) in [6, 6.07) is 2.61. The van der Waals surface area contributed by atoms with Crippen LogP contribution in [0.1, 0.15) is 19.3 Å². The van der Waals surface area contributed by atoms with Crippen molar-refractivity contribution in [2.24, 2.45) is 5.92 Å². The Hall–Kier alpha value is -0.990. The largest absolute Gasteiger partial charge is 0.481 e. The molecule has 1 saturated carbocycles. The van der Waals surface area contributed by atoms with Gasteiger partial charge in [-0.3, -0.25) is 4.79 Å². The van der Waals surface area contributed by atoms with Crippen LogP contribution in [0.5, 0.6) is 0 Å². The van der Waals surface area contributed by atoms with Gasteiger partial charge in [0, 0.05) is 10.5 Å². The number of hydrogen-bond donors (Lipinski definition) is 2. The fraction of sp³-hybridized carbons (Fsp3) is 0.417. The Morgan fingerprint density at radius 2 is 2.15 bits per heavy atom. The van der Waals surface area contributed by atoms with Gasteiger partial charge in [0.25, 0.3) is 0 Å². The normalized spacial score (nSPS) is 16.9. The zero-order valence-corrected chi connectivity index (χ0v) is 12.7. The number of nitrogens with one attached hydrogen (secondary N) is 1. The fourth-order valence-corrected chi connectivity index (χ4v) is 4.30. The third-order valence-electron chi connectivity index (χ3n) is 3.08. The highest BCUT2D eigenvalue weighted by atomic mass is 79.9. The van der Waals surface area contributed by atoms with E-state index in [0.717, 1.165) is 31.0 Å². The molecule has 0 aliphatic heterocycles. The van der Waals surface area contributed by atoms with Crippen molar-refractivity contribution < 1.29 is 22.7 Å². The van der Waals surface area contributed by atoms with Crippen molar-refractivity contribution in [3.63, 3.8) is 0 Å². The average Bonchev–Trinajstić information content (AvgIpc) is 3.09. The maximum Gasteiger partial charge on any atom is 0.304 e. The summed E-state index contributed by atoms with van der Waals surface area (Å²) in [6.07, 6.45) is 1.36. The summed E-state index contributed by atoms with van der Waals surface area (Å²) in [4.78, 5) is 10.7. The maximum atomic E-state index is 13.0. The number of halogens is 2. The number of hydrogen-bond acceptors (Lipinski definition) is 3. The Morgan fingerprint density at radius 3 is 2.65 bits per heavy atom. The van der Waals surface area contributed by atoms with Crippen molar-refractivity contribution >= 4 is 31.9 Å². The molecule has 0 spiro atoms. The summed E-state index contributed by atoms with van der Waals surface area (Å²) in [5, 5.41) is 8.83. The number of rotatable bonds is 6. The molecule has 1 unspecified atom stereocenters. The van der Waals surface area contributed by atoms with E-state index in [0.29, 0.717) is 0 Å². The van der Waals surface area contributed by atoms with Crippen LogP contribution in [0.15, 0.2) is 27.6 Å². The molecule has 1 aliphatic carbocycles. The molecule has 1 aliphatic rings. The topological polar surface area (TPSA) is 83.5 Å². The van der Waals surface area contributed by atoms with Crippen molar-refractivity contribution in [2.75, 3.05) is 0 Å². The van der Waals surface area contributed by atoms with Gasteiger partial charge >= 0.3 is 5.97 Å². The number of carbonyl (C=O) groups is 1. The second-order valence-corrected chi connectivity index (χ2v) is 7.27. The number of sulfonamides is 1. The molecule has 20 heavy (non-hydrogen) atoms. The second kappa shape index (κ2) is 5.79. The van der Waals surface area contributed by atoms with Gasteiger partial charge in [0.2, 0.25) is 10.0 Å². The summed E-state index contributed by atoms with van der Waals surface area (Å²) >= 11 is 3.00. The highest BCUT2D eigenvalue weighted by Gasteiger charge is 2.36. The monoisotopic (exact) mass is 365 g/mol. The van der Waals surface area contributed by atoms with E-state index in [1.165, 1.54) is 0 Å². The number of carboxylic acid groups (broad SMARTS) is 1. The lowest BCUT2D eigenvalue weighted by Gasteiger charge is -2.17. The van der Waals surface area contributed by atoms with E-state index in [1.54, 1.807) is 0 Å². The zero-order chi connectivity index (χ0) is 14.9. The lowest BCUT2D eigenvalue weighted by Crippen LogP contribution is -2.38. The molecule has 0 radical (unpaired) electrons. The van der Waals surface area contributed by atoms with Crippen LogP contribution in [-0.2, 0) is 14.8 Å². The van der Waals surface area contributed by atoms with E-state index in [4.69, 9.17) is 5.11 Å². The molecular weight excluding hydrogens is 353 g/mol. The van der Waals surface area contributed by atoms with E-state index < -0.39 is 27.9 Å². The highest BCUT2D eigenvalue weighted by Crippen LogP contribution is 2.35. The van der Waals surface area contributed by atoms with E-state index in [1.807, 2.05) is 0 Å². The quantitative estimate of drug-likeness (QED) is 0.808.